The van der Waals surface area contributed by atoms with Gasteiger partial charge in [0.1, 0.15) is 11.8 Å². The van der Waals surface area contributed by atoms with Gasteiger partial charge in [0.2, 0.25) is 5.91 Å². The first kappa shape index (κ1) is 16.6. The largest absolute Gasteiger partial charge is 0.497 e. The van der Waals surface area contributed by atoms with Crippen molar-refractivity contribution in [3.8, 4) is 5.75 Å². The van der Waals surface area contributed by atoms with Crippen LogP contribution in [0.25, 0.3) is 0 Å². The van der Waals surface area contributed by atoms with Crippen molar-refractivity contribution in [2.24, 2.45) is 0 Å². The first-order chi connectivity index (χ1) is 12.1. The van der Waals surface area contributed by atoms with Crippen molar-refractivity contribution in [1.82, 2.24) is 15.8 Å². The number of amides is 3. The molecule has 0 spiro atoms. The molecule has 0 radical (unpaired) electrons. The van der Waals surface area contributed by atoms with Crippen LogP contribution in [0.3, 0.4) is 0 Å². The SMILES string of the molecule is COc1ccc(N2C(=O)C[C@H](NNC(=O)c3ccncc3)C2=O)cc1. The fraction of sp³-hybridized carbons (Fsp3) is 0.176. The van der Waals surface area contributed by atoms with Crippen molar-refractivity contribution in [3.05, 3.63) is 54.4 Å². The van der Waals surface area contributed by atoms with Crippen LogP contribution in [0.15, 0.2) is 48.8 Å². The molecule has 2 heterocycles. The fourth-order valence-electron chi connectivity index (χ4n) is 2.48. The summed E-state index contributed by atoms with van der Waals surface area (Å²) in [6.07, 6.45) is 2.94. The molecule has 0 aliphatic carbocycles. The smallest absolute Gasteiger partial charge is 0.265 e. The Morgan fingerprint density at radius 3 is 2.48 bits per heavy atom. The van der Waals surface area contributed by atoms with Gasteiger partial charge >= 0.3 is 0 Å². The van der Waals surface area contributed by atoms with Gasteiger partial charge in [-0.25, -0.2) is 10.3 Å². The molecule has 1 aliphatic heterocycles. The molecule has 3 amide bonds. The van der Waals surface area contributed by atoms with Crippen LogP contribution in [0.1, 0.15) is 16.8 Å². The summed E-state index contributed by atoms with van der Waals surface area (Å²) in [4.78, 5) is 41.6. The third-order valence-corrected chi connectivity index (χ3v) is 3.78. The standard InChI is InChI=1S/C17H16N4O4/c1-25-13-4-2-12(3-5-13)21-15(22)10-14(17(21)24)19-20-16(23)11-6-8-18-9-7-11/h2-9,14,19H,10H2,1H3,(H,20,23)/t14-/m0/s1. The van der Waals surface area contributed by atoms with E-state index in [9.17, 15) is 14.4 Å². The number of carbonyl (C=O) groups excluding carboxylic acids is 3. The lowest BCUT2D eigenvalue weighted by molar-refractivity contribution is -0.121. The molecule has 128 valence electrons. The van der Waals surface area contributed by atoms with E-state index in [0.717, 1.165) is 4.90 Å². The number of nitrogens with zero attached hydrogens (tertiary/aromatic N) is 2. The van der Waals surface area contributed by atoms with Crippen LogP contribution >= 0.6 is 0 Å². The Balaban J connectivity index is 1.65. The summed E-state index contributed by atoms with van der Waals surface area (Å²) in [7, 11) is 1.53. The number of hydrogen-bond donors (Lipinski definition) is 2. The van der Waals surface area contributed by atoms with Gasteiger partial charge in [0.05, 0.1) is 19.2 Å². The lowest BCUT2D eigenvalue weighted by atomic mass is 10.2. The minimum absolute atomic E-state index is 0.0402. The van der Waals surface area contributed by atoms with Crippen LogP contribution in [0.5, 0.6) is 5.75 Å². The van der Waals surface area contributed by atoms with Crippen molar-refractivity contribution in [1.29, 1.82) is 0 Å². The number of rotatable bonds is 5. The van der Waals surface area contributed by atoms with Crippen LogP contribution in [0, 0.1) is 0 Å². The highest BCUT2D eigenvalue weighted by molar-refractivity contribution is 6.22. The number of hydrazine groups is 1. The molecule has 8 heteroatoms. The molecule has 1 fully saturated rings. The second-order valence-electron chi connectivity index (χ2n) is 5.36. The second-order valence-corrected chi connectivity index (χ2v) is 5.36. The number of hydrogen-bond acceptors (Lipinski definition) is 6. The minimum atomic E-state index is -0.819. The highest BCUT2D eigenvalue weighted by atomic mass is 16.5. The minimum Gasteiger partial charge on any atom is -0.497 e. The number of imide groups is 1. The zero-order chi connectivity index (χ0) is 17.8. The summed E-state index contributed by atoms with van der Waals surface area (Å²) >= 11 is 0. The molecule has 2 N–H and O–H groups in total. The molecule has 1 saturated heterocycles. The summed E-state index contributed by atoms with van der Waals surface area (Å²) in [5, 5.41) is 0. The zero-order valence-corrected chi connectivity index (χ0v) is 13.4. The number of carbonyl (C=O) groups is 3. The highest BCUT2D eigenvalue weighted by Gasteiger charge is 2.39. The molecular weight excluding hydrogens is 324 g/mol. The Morgan fingerprint density at radius 2 is 1.84 bits per heavy atom. The number of aromatic nitrogens is 1. The summed E-state index contributed by atoms with van der Waals surface area (Å²) in [6.45, 7) is 0. The second kappa shape index (κ2) is 7.10. The van der Waals surface area contributed by atoms with Crippen LogP contribution in [0.2, 0.25) is 0 Å². The van der Waals surface area contributed by atoms with E-state index in [4.69, 9.17) is 4.74 Å². The normalized spacial score (nSPS) is 16.8. The van der Waals surface area contributed by atoms with Crippen LogP contribution < -0.4 is 20.5 Å². The topological polar surface area (TPSA) is 101 Å². The van der Waals surface area contributed by atoms with Gasteiger partial charge in [-0.3, -0.25) is 24.8 Å². The number of nitrogens with one attached hydrogen (secondary N) is 2. The summed E-state index contributed by atoms with van der Waals surface area (Å²) in [5.41, 5.74) is 5.92. The molecule has 1 aliphatic rings. The maximum Gasteiger partial charge on any atom is 0.265 e. The van der Waals surface area contributed by atoms with Crippen molar-refractivity contribution in [3.63, 3.8) is 0 Å². The molecule has 1 aromatic heterocycles. The number of methoxy groups -OCH3 is 1. The highest BCUT2D eigenvalue weighted by Crippen LogP contribution is 2.24. The number of ether oxygens (including phenoxy) is 1. The lowest BCUT2D eigenvalue weighted by Crippen LogP contribution is -2.48. The molecule has 0 saturated carbocycles. The number of benzene rings is 1. The summed E-state index contributed by atoms with van der Waals surface area (Å²) < 4.78 is 5.06. The van der Waals surface area contributed by atoms with E-state index >= 15 is 0 Å². The Bertz CT molecular complexity index is 792. The van der Waals surface area contributed by atoms with E-state index in [1.54, 1.807) is 36.4 Å². The fourth-order valence-corrected chi connectivity index (χ4v) is 2.48. The van der Waals surface area contributed by atoms with Gasteiger partial charge in [0.25, 0.3) is 11.8 Å². The summed E-state index contributed by atoms with van der Waals surface area (Å²) in [6, 6.07) is 8.87. The Hall–Kier alpha value is -3.26. The molecule has 1 aromatic carbocycles. The molecule has 25 heavy (non-hydrogen) atoms. The quantitative estimate of drug-likeness (QED) is 0.612. The van der Waals surface area contributed by atoms with Gasteiger partial charge in [-0.2, -0.15) is 0 Å². The Morgan fingerprint density at radius 1 is 1.16 bits per heavy atom. The van der Waals surface area contributed by atoms with Gasteiger partial charge in [-0.15, -0.1) is 0 Å². The van der Waals surface area contributed by atoms with Gasteiger partial charge in [-0.1, -0.05) is 0 Å². The summed E-state index contributed by atoms with van der Waals surface area (Å²) in [5.74, 6) is -0.552. The van der Waals surface area contributed by atoms with E-state index in [1.807, 2.05) is 0 Å². The van der Waals surface area contributed by atoms with E-state index in [-0.39, 0.29) is 12.3 Å². The number of pyridine rings is 1. The molecule has 1 atom stereocenters. The number of anilines is 1. The average molecular weight is 340 g/mol. The molecular formula is C17H16N4O4. The first-order valence-electron chi connectivity index (χ1n) is 7.57. The van der Waals surface area contributed by atoms with Crippen LogP contribution in [-0.4, -0.2) is 35.9 Å². The molecule has 0 unspecified atom stereocenters. The van der Waals surface area contributed by atoms with E-state index in [0.29, 0.717) is 17.0 Å². The van der Waals surface area contributed by atoms with E-state index in [2.05, 4.69) is 15.8 Å². The predicted octanol–water partition coefficient (Wildman–Crippen LogP) is 0.657. The van der Waals surface area contributed by atoms with Gasteiger partial charge in [-0.05, 0) is 36.4 Å². The van der Waals surface area contributed by atoms with E-state index in [1.165, 1.54) is 19.5 Å². The Labute approximate surface area is 143 Å². The molecule has 0 bridgehead atoms. The average Bonchev–Trinajstić information content (AvgIpc) is 2.94. The van der Waals surface area contributed by atoms with Crippen LogP contribution in [-0.2, 0) is 9.59 Å². The van der Waals surface area contributed by atoms with Crippen molar-refractivity contribution in [2.75, 3.05) is 12.0 Å². The maximum atomic E-state index is 12.5. The Kier molecular flexibility index (Phi) is 4.71. The monoisotopic (exact) mass is 340 g/mol. The van der Waals surface area contributed by atoms with Crippen molar-refractivity contribution < 1.29 is 19.1 Å². The third kappa shape index (κ3) is 3.48. The first-order valence-corrected chi connectivity index (χ1v) is 7.57. The van der Waals surface area contributed by atoms with Gasteiger partial charge < -0.3 is 4.74 Å². The molecule has 3 rings (SSSR count). The zero-order valence-electron chi connectivity index (χ0n) is 13.4. The van der Waals surface area contributed by atoms with Gasteiger partial charge in [0.15, 0.2) is 0 Å². The maximum absolute atomic E-state index is 12.5. The molecule has 8 nitrogen and oxygen atoms in total. The molecule has 2 aromatic rings. The predicted molar refractivity (Wildman–Crippen MR) is 88.7 cm³/mol. The van der Waals surface area contributed by atoms with Crippen molar-refractivity contribution in [2.45, 2.75) is 12.5 Å². The lowest BCUT2D eigenvalue weighted by Gasteiger charge is -2.16. The van der Waals surface area contributed by atoms with Crippen LogP contribution in [0.4, 0.5) is 5.69 Å². The van der Waals surface area contributed by atoms with Gasteiger partial charge in [0, 0.05) is 18.0 Å². The third-order valence-electron chi connectivity index (χ3n) is 3.78. The van der Waals surface area contributed by atoms with E-state index < -0.39 is 17.9 Å². The van der Waals surface area contributed by atoms with Crippen molar-refractivity contribution >= 4 is 23.4 Å².